The van der Waals surface area contributed by atoms with E-state index in [0.29, 0.717) is 37.7 Å². The van der Waals surface area contributed by atoms with Gasteiger partial charge in [0, 0.05) is 27.7 Å². The Kier molecular flexibility index (Phi) is 6.09. The fourth-order valence-corrected chi connectivity index (χ4v) is 6.44. The van der Waals surface area contributed by atoms with Gasteiger partial charge in [0.2, 0.25) is 6.79 Å². The van der Waals surface area contributed by atoms with Crippen LogP contribution in [-0.4, -0.2) is 28.9 Å². The molecule has 3 aromatic carbocycles. The molecule has 204 valence electrons. The minimum atomic E-state index is -0.791. The van der Waals surface area contributed by atoms with E-state index in [2.05, 4.69) is 4.98 Å². The maximum atomic E-state index is 14.2. The molecule has 0 unspecified atom stereocenters. The van der Waals surface area contributed by atoms with Crippen molar-refractivity contribution in [3.8, 4) is 11.5 Å². The van der Waals surface area contributed by atoms with Gasteiger partial charge in [0.15, 0.2) is 16.3 Å². The van der Waals surface area contributed by atoms with Gasteiger partial charge in [-0.25, -0.2) is 9.79 Å². The van der Waals surface area contributed by atoms with E-state index in [1.165, 1.54) is 11.3 Å². The third kappa shape index (κ3) is 4.17. The SMILES string of the molecule is CCOC(=O)C1=C(c2ccccc2)N=c2s/c(=C/c3c(C)[nH]c4ccccc34)c(=O)n2[C@H]1c1ccc2c(c1)OCO2. The Morgan fingerprint density at radius 1 is 1.10 bits per heavy atom. The van der Waals surface area contributed by atoms with E-state index in [9.17, 15) is 9.59 Å². The first-order valence-electron chi connectivity index (χ1n) is 13.3. The molecule has 2 aromatic heterocycles. The highest BCUT2D eigenvalue weighted by Crippen LogP contribution is 2.40. The summed E-state index contributed by atoms with van der Waals surface area (Å²) < 4.78 is 18.8. The number of carbonyl (C=O) groups excluding carboxylic acids is 1. The number of H-pyrrole nitrogens is 1. The summed E-state index contributed by atoms with van der Waals surface area (Å²) in [4.78, 5) is 36.7. The molecule has 2 aliphatic rings. The van der Waals surface area contributed by atoms with Crippen molar-refractivity contribution in [2.75, 3.05) is 13.4 Å². The zero-order chi connectivity index (χ0) is 28.1. The standard InChI is InChI=1S/C32H25N3O5S/c1-3-38-31(37)27-28(19-9-5-4-6-10-19)34-32-35(29(27)20-13-14-24-25(15-20)40-17-39-24)30(36)26(41-32)16-22-18(2)33-23-12-8-7-11-21(22)23/h4-16,29,33H,3,17H2,1-2H3/b26-16+/t29-/m0/s1. The number of hydrogen-bond acceptors (Lipinski definition) is 7. The Morgan fingerprint density at radius 3 is 2.71 bits per heavy atom. The quantitative estimate of drug-likeness (QED) is 0.319. The molecule has 0 saturated carbocycles. The highest BCUT2D eigenvalue weighted by molar-refractivity contribution is 7.07. The summed E-state index contributed by atoms with van der Waals surface area (Å²) in [7, 11) is 0. The lowest BCUT2D eigenvalue weighted by molar-refractivity contribution is -0.138. The van der Waals surface area contributed by atoms with Gasteiger partial charge in [-0.15, -0.1) is 0 Å². The summed E-state index contributed by atoms with van der Waals surface area (Å²) in [5.74, 6) is 0.640. The fourth-order valence-electron chi connectivity index (χ4n) is 5.45. The van der Waals surface area contributed by atoms with E-state index in [1.807, 2.05) is 79.7 Å². The predicted octanol–water partition coefficient (Wildman–Crippen LogP) is 4.45. The Morgan fingerprint density at radius 2 is 1.88 bits per heavy atom. The Balaban J connectivity index is 1.53. The first-order valence-corrected chi connectivity index (χ1v) is 14.1. The smallest absolute Gasteiger partial charge is 0.338 e. The largest absolute Gasteiger partial charge is 0.463 e. The van der Waals surface area contributed by atoms with Gasteiger partial charge < -0.3 is 19.2 Å². The summed E-state index contributed by atoms with van der Waals surface area (Å²) in [6.07, 6.45) is 1.91. The van der Waals surface area contributed by atoms with Crippen LogP contribution in [-0.2, 0) is 9.53 Å². The second-order valence-electron chi connectivity index (χ2n) is 9.75. The predicted molar refractivity (Wildman–Crippen MR) is 157 cm³/mol. The molecule has 0 amide bonds. The minimum absolute atomic E-state index is 0.112. The van der Waals surface area contributed by atoms with Gasteiger partial charge in [-0.2, -0.15) is 0 Å². The summed E-state index contributed by atoms with van der Waals surface area (Å²) in [5, 5.41) is 1.03. The summed E-state index contributed by atoms with van der Waals surface area (Å²) >= 11 is 1.30. The number of para-hydroxylation sites is 1. The van der Waals surface area contributed by atoms with E-state index in [-0.39, 0.29) is 19.0 Å². The lowest BCUT2D eigenvalue weighted by Gasteiger charge is -2.26. The molecule has 2 aliphatic heterocycles. The van der Waals surface area contributed by atoms with E-state index < -0.39 is 12.0 Å². The van der Waals surface area contributed by atoms with Gasteiger partial charge in [-0.05, 0) is 43.7 Å². The van der Waals surface area contributed by atoms with Gasteiger partial charge in [0.25, 0.3) is 5.56 Å². The topological polar surface area (TPSA) is 94.9 Å². The number of esters is 1. The fraction of sp³-hybridized carbons (Fsp3) is 0.156. The van der Waals surface area contributed by atoms with Crippen molar-refractivity contribution in [3.05, 3.63) is 120 Å². The zero-order valence-corrected chi connectivity index (χ0v) is 23.2. The van der Waals surface area contributed by atoms with E-state index in [1.54, 1.807) is 17.6 Å². The summed E-state index contributed by atoms with van der Waals surface area (Å²) in [6.45, 7) is 4.05. The number of aryl methyl sites for hydroxylation is 1. The second kappa shape index (κ2) is 9.94. The van der Waals surface area contributed by atoms with Gasteiger partial charge >= 0.3 is 5.97 Å². The molecule has 0 saturated heterocycles. The molecule has 1 N–H and O–H groups in total. The summed E-state index contributed by atoms with van der Waals surface area (Å²) in [6, 6.07) is 22.2. The van der Waals surface area contributed by atoms with E-state index in [0.717, 1.165) is 27.7 Å². The molecule has 0 aliphatic carbocycles. The molecule has 0 spiro atoms. The number of rotatable bonds is 5. The molecule has 0 radical (unpaired) electrons. The van der Waals surface area contributed by atoms with E-state index >= 15 is 0 Å². The van der Waals surface area contributed by atoms with Gasteiger partial charge in [-0.1, -0.05) is 65.9 Å². The van der Waals surface area contributed by atoms with Crippen LogP contribution in [0.4, 0.5) is 0 Å². The molecule has 41 heavy (non-hydrogen) atoms. The van der Waals surface area contributed by atoms with Gasteiger partial charge in [0.1, 0.15) is 0 Å². The van der Waals surface area contributed by atoms with Crippen molar-refractivity contribution in [2.24, 2.45) is 4.99 Å². The first-order chi connectivity index (χ1) is 20.0. The maximum absolute atomic E-state index is 14.2. The number of hydrogen-bond donors (Lipinski definition) is 1. The minimum Gasteiger partial charge on any atom is -0.463 e. The number of nitrogens with one attached hydrogen (secondary N) is 1. The molecule has 4 heterocycles. The number of nitrogens with zero attached hydrogens (tertiary/aromatic N) is 2. The highest BCUT2D eigenvalue weighted by atomic mass is 32.1. The average Bonchev–Trinajstić information content (AvgIpc) is 3.68. The molecule has 0 fully saturated rings. The molecule has 7 rings (SSSR count). The number of thiazole rings is 1. The molecular formula is C32H25N3O5S. The lowest BCUT2D eigenvalue weighted by atomic mass is 9.93. The van der Waals surface area contributed by atoms with Crippen molar-refractivity contribution >= 4 is 40.0 Å². The van der Waals surface area contributed by atoms with Crippen molar-refractivity contribution in [1.29, 1.82) is 0 Å². The van der Waals surface area contributed by atoms with Crippen molar-refractivity contribution in [2.45, 2.75) is 19.9 Å². The highest BCUT2D eigenvalue weighted by Gasteiger charge is 2.36. The molecule has 8 nitrogen and oxygen atoms in total. The molecule has 9 heteroatoms. The third-order valence-electron chi connectivity index (χ3n) is 7.30. The third-order valence-corrected chi connectivity index (χ3v) is 8.29. The average molecular weight is 564 g/mol. The van der Waals surface area contributed by atoms with Gasteiger partial charge in [0.05, 0.1) is 28.5 Å². The van der Waals surface area contributed by atoms with Crippen LogP contribution in [0.5, 0.6) is 11.5 Å². The monoisotopic (exact) mass is 563 g/mol. The summed E-state index contributed by atoms with van der Waals surface area (Å²) in [5.41, 5.74) is 4.87. The van der Waals surface area contributed by atoms with Crippen molar-refractivity contribution < 1.29 is 19.0 Å². The molecular weight excluding hydrogens is 538 g/mol. The second-order valence-corrected chi connectivity index (χ2v) is 10.8. The van der Waals surface area contributed by atoms with Crippen LogP contribution in [0.15, 0.2) is 88.2 Å². The Labute approximate surface area is 238 Å². The van der Waals surface area contributed by atoms with Crippen LogP contribution in [0.1, 0.15) is 35.3 Å². The molecule has 5 aromatic rings. The maximum Gasteiger partial charge on any atom is 0.338 e. The number of ether oxygens (including phenoxy) is 3. The number of benzene rings is 3. The number of aromatic amines is 1. The van der Waals surface area contributed by atoms with Crippen LogP contribution in [0, 0.1) is 6.92 Å². The first kappa shape index (κ1) is 25.1. The number of carbonyl (C=O) groups is 1. The van der Waals surface area contributed by atoms with E-state index in [4.69, 9.17) is 19.2 Å². The van der Waals surface area contributed by atoms with Crippen LogP contribution < -0.4 is 24.4 Å². The zero-order valence-electron chi connectivity index (χ0n) is 22.3. The van der Waals surface area contributed by atoms with Crippen LogP contribution in [0.25, 0.3) is 22.7 Å². The number of fused-ring (bicyclic) bond motifs is 3. The normalized spacial score (nSPS) is 16.1. The van der Waals surface area contributed by atoms with Crippen molar-refractivity contribution in [3.63, 3.8) is 0 Å². The Hall–Kier alpha value is -4.89. The Bertz CT molecular complexity index is 2050. The van der Waals surface area contributed by atoms with Crippen LogP contribution in [0.3, 0.4) is 0 Å². The van der Waals surface area contributed by atoms with Crippen LogP contribution >= 0.6 is 11.3 Å². The molecule has 1 atom stereocenters. The van der Waals surface area contributed by atoms with Gasteiger partial charge in [-0.3, -0.25) is 9.36 Å². The van der Waals surface area contributed by atoms with Crippen molar-refractivity contribution in [1.82, 2.24) is 9.55 Å². The molecule has 0 bridgehead atoms. The van der Waals surface area contributed by atoms with Crippen LogP contribution in [0.2, 0.25) is 0 Å². The number of aromatic nitrogens is 2. The lowest BCUT2D eigenvalue weighted by Crippen LogP contribution is -2.40.